The Kier molecular flexibility index (Phi) is 5.69. The number of rotatable bonds is 3. The molecule has 160 valence electrons. The highest BCUT2D eigenvalue weighted by atomic mass is 35.5. The van der Waals surface area contributed by atoms with Crippen LogP contribution in [0.1, 0.15) is 44.9 Å². The zero-order valence-electron chi connectivity index (χ0n) is 16.4. The van der Waals surface area contributed by atoms with Crippen molar-refractivity contribution in [1.82, 2.24) is 14.2 Å². The summed E-state index contributed by atoms with van der Waals surface area (Å²) in [6.07, 6.45) is 2.03. The molecule has 7 nitrogen and oxygen atoms in total. The van der Waals surface area contributed by atoms with Crippen LogP contribution in [0.5, 0.6) is 0 Å². The molecule has 1 aromatic heterocycles. The van der Waals surface area contributed by atoms with E-state index in [4.69, 9.17) is 23.2 Å². The van der Waals surface area contributed by atoms with E-state index >= 15 is 0 Å². The Morgan fingerprint density at radius 3 is 2.30 bits per heavy atom. The number of halogens is 2. The van der Waals surface area contributed by atoms with Crippen molar-refractivity contribution in [2.24, 2.45) is 0 Å². The van der Waals surface area contributed by atoms with Crippen molar-refractivity contribution >= 4 is 44.9 Å². The van der Waals surface area contributed by atoms with Gasteiger partial charge in [0.2, 0.25) is 10.0 Å². The molecule has 2 aliphatic rings. The molecule has 1 N–H and O–H groups in total. The normalized spacial score (nSPS) is 17.8. The lowest BCUT2D eigenvalue weighted by Crippen LogP contribution is -2.50. The van der Waals surface area contributed by atoms with Gasteiger partial charge < -0.3 is 9.88 Å². The maximum absolute atomic E-state index is 13.1. The van der Waals surface area contributed by atoms with E-state index in [1.807, 2.05) is 0 Å². The number of aromatic nitrogens is 1. The Bertz CT molecular complexity index is 1110. The molecule has 0 bridgehead atoms. The van der Waals surface area contributed by atoms with Crippen LogP contribution in [0.2, 0.25) is 10.0 Å². The highest BCUT2D eigenvalue weighted by molar-refractivity contribution is 7.89. The summed E-state index contributed by atoms with van der Waals surface area (Å²) >= 11 is 12.2. The Balaban J connectivity index is 1.52. The molecule has 1 saturated heterocycles. The second kappa shape index (κ2) is 8.00. The molecule has 1 aliphatic carbocycles. The van der Waals surface area contributed by atoms with Crippen LogP contribution >= 0.6 is 23.2 Å². The van der Waals surface area contributed by atoms with Gasteiger partial charge in [-0.05, 0) is 37.5 Å². The lowest BCUT2D eigenvalue weighted by molar-refractivity contribution is 0.0691. The minimum absolute atomic E-state index is 0.0663. The summed E-state index contributed by atoms with van der Waals surface area (Å²) in [5, 5.41) is 0.136. The van der Waals surface area contributed by atoms with Crippen molar-refractivity contribution in [3.63, 3.8) is 0 Å². The fraction of sp³-hybridized carbons (Fsp3) is 0.400. The number of hydrogen-bond donors (Lipinski definition) is 1. The first-order valence-electron chi connectivity index (χ1n) is 9.70. The molecule has 4 rings (SSSR count). The second-order valence-corrected chi connectivity index (χ2v) is 10.2. The fourth-order valence-electron chi connectivity index (χ4n) is 4.14. The van der Waals surface area contributed by atoms with Crippen molar-refractivity contribution in [1.29, 1.82) is 0 Å². The van der Waals surface area contributed by atoms with Crippen LogP contribution in [0.3, 0.4) is 0 Å². The smallest absolute Gasteiger partial charge is 0.270 e. The number of piperazine rings is 1. The lowest BCUT2D eigenvalue weighted by atomic mass is 9.94. The number of nitrogens with one attached hydrogen (secondary N) is 1. The number of Topliss-reactive ketones (excluding diaryl/α,β-unsaturated/α-hetero) is 1. The van der Waals surface area contributed by atoms with Gasteiger partial charge in [0.15, 0.2) is 5.78 Å². The Morgan fingerprint density at radius 2 is 1.70 bits per heavy atom. The third kappa shape index (κ3) is 3.56. The first kappa shape index (κ1) is 21.4. The van der Waals surface area contributed by atoms with Crippen molar-refractivity contribution in [3.05, 3.63) is 50.8 Å². The van der Waals surface area contributed by atoms with Gasteiger partial charge in [0, 0.05) is 43.9 Å². The number of ketones is 1. The topological polar surface area (TPSA) is 90.6 Å². The van der Waals surface area contributed by atoms with Gasteiger partial charge in [-0.1, -0.05) is 29.3 Å². The van der Waals surface area contributed by atoms with E-state index in [1.165, 1.54) is 16.4 Å². The van der Waals surface area contributed by atoms with Crippen LogP contribution in [-0.4, -0.2) is 60.5 Å². The minimum Gasteiger partial charge on any atom is -0.354 e. The molecule has 1 fully saturated rings. The van der Waals surface area contributed by atoms with E-state index in [-0.39, 0.29) is 52.8 Å². The summed E-state index contributed by atoms with van der Waals surface area (Å²) in [6, 6.07) is 4.55. The van der Waals surface area contributed by atoms with E-state index in [9.17, 15) is 18.0 Å². The predicted octanol–water partition coefficient (Wildman–Crippen LogP) is 3.30. The molecular formula is C20H21Cl2N3O4S. The molecular weight excluding hydrogens is 449 g/mol. The van der Waals surface area contributed by atoms with Crippen LogP contribution in [0.4, 0.5) is 0 Å². The Labute approximate surface area is 185 Å². The van der Waals surface area contributed by atoms with Gasteiger partial charge >= 0.3 is 0 Å². The maximum atomic E-state index is 13.1. The number of aromatic amines is 1. The highest BCUT2D eigenvalue weighted by Gasteiger charge is 2.35. The minimum atomic E-state index is -3.88. The maximum Gasteiger partial charge on any atom is 0.270 e. The van der Waals surface area contributed by atoms with Gasteiger partial charge in [-0.3, -0.25) is 9.59 Å². The first-order chi connectivity index (χ1) is 14.2. The zero-order chi connectivity index (χ0) is 21.6. The number of amides is 1. The van der Waals surface area contributed by atoms with Gasteiger partial charge in [-0.15, -0.1) is 0 Å². The highest BCUT2D eigenvalue weighted by Crippen LogP contribution is 2.32. The number of benzene rings is 1. The fourth-order valence-corrected chi connectivity index (χ4v) is 6.65. The van der Waals surface area contributed by atoms with Gasteiger partial charge in [0.25, 0.3) is 5.91 Å². The molecule has 0 saturated carbocycles. The van der Waals surface area contributed by atoms with Crippen molar-refractivity contribution in [3.8, 4) is 0 Å². The number of nitrogens with zero attached hydrogens (tertiary/aromatic N) is 2. The van der Waals surface area contributed by atoms with Crippen LogP contribution in [0.15, 0.2) is 23.1 Å². The van der Waals surface area contributed by atoms with E-state index < -0.39 is 10.0 Å². The monoisotopic (exact) mass is 469 g/mol. The summed E-state index contributed by atoms with van der Waals surface area (Å²) in [6.45, 7) is 2.52. The molecule has 10 heteroatoms. The quantitative estimate of drug-likeness (QED) is 0.746. The van der Waals surface area contributed by atoms with E-state index in [0.29, 0.717) is 23.2 Å². The first-order valence-corrected chi connectivity index (χ1v) is 11.9. The van der Waals surface area contributed by atoms with Gasteiger partial charge in [0.05, 0.1) is 10.0 Å². The molecule has 2 aromatic rings. The summed E-state index contributed by atoms with van der Waals surface area (Å²) in [5.74, 6) is -0.154. The molecule has 1 aromatic carbocycles. The number of H-pyrrole nitrogens is 1. The number of carbonyl (C=O) groups is 2. The Morgan fingerprint density at radius 1 is 1.07 bits per heavy atom. The van der Waals surface area contributed by atoms with Crippen LogP contribution in [0, 0.1) is 6.92 Å². The summed E-state index contributed by atoms with van der Waals surface area (Å²) in [4.78, 5) is 29.9. The van der Waals surface area contributed by atoms with Crippen LogP contribution < -0.4 is 0 Å². The number of fused-ring (bicyclic) bond motifs is 1. The third-order valence-corrected chi connectivity index (χ3v) is 8.55. The van der Waals surface area contributed by atoms with Crippen LogP contribution in [0.25, 0.3) is 0 Å². The third-order valence-electron chi connectivity index (χ3n) is 5.69. The summed E-state index contributed by atoms with van der Waals surface area (Å²) < 4.78 is 27.3. The van der Waals surface area contributed by atoms with Crippen molar-refractivity contribution < 1.29 is 18.0 Å². The predicted molar refractivity (Wildman–Crippen MR) is 114 cm³/mol. The summed E-state index contributed by atoms with van der Waals surface area (Å²) in [7, 11) is -3.88. The van der Waals surface area contributed by atoms with Gasteiger partial charge in [0.1, 0.15) is 10.6 Å². The Hall–Kier alpha value is -1.87. The van der Waals surface area contributed by atoms with Crippen molar-refractivity contribution in [2.75, 3.05) is 26.2 Å². The molecule has 30 heavy (non-hydrogen) atoms. The average molecular weight is 470 g/mol. The second-order valence-electron chi connectivity index (χ2n) is 7.50. The zero-order valence-corrected chi connectivity index (χ0v) is 18.7. The van der Waals surface area contributed by atoms with Gasteiger partial charge in [-0.2, -0.15) is 4.31 Å². The van der Waals surface area contributed by atoms with E-state index in [0.717, 1.165) is 18.5 Å². The van der Waals surface area contributed by atoms with Crippen LogP contribution in [-0.2, 0) is 16.4 Å². The standard InChI is InChI=1S/C20H21Cl2N3O4S/c1-12-17-15(6-3-7-16(17)26)23-18(12)20(27)24-8-10-25(11-9-24)30(28,29)19-13(21)4-2-5-14(19)22/h2,4-5,23H,3,6-11H2,1H3. The lowest BCUT2D eigenvalue weighted by Gasteiger charge is -2.34. The molecule has 0 atom stereocenters. The average Bonchev–Trinajstić information content (AvgIpc) is 3.05. The van der Waals surface area contributed by atoms with Crippen molar-refractivity contribution in [2.45, 2.75) is 31.1 Å². The number of sulfonamides is 1. The molecule has 0 unspecified atom stereocenters. The summed E-state index contributed by atoms with van der Waals surface area (Å²) in [5.41, 5.74) is 2.55. The molecule has 1 amide bonds. The van der Waals surface area contributed by atoms with E-state index in [1.54, 1.807) is 17.9 Å². The number of carbonyl (C=O) groups excluding carboxylic acids is 2. The SMILES string of the molecule is Cc1c(C(=O)N2CCN(S(=O)(=O)c3c(Cl)cccc3Cl)CC2)[nH]c2c1C(=O)CCC2. The molecule has 1 aliphatic heterocycles. The number of aryl methyl sites for hydroxylation is 1. The van der Waals surface area contributed by atoms with E-state index in [2.05, 4.69) is 4.98 Å². The molecule has 2 heterocycles. The molecule has 0 radical (unpaired) electrons. The van der Waals surface area contributed by atoms with Gasteiger partial charge in [-0.25, -0.2) is 8.42 Å². The number of hydrogen-bond acceptors (Lipinski definition) is 4. The largest absolute Gasteiger partial charge is 0.354 e. The molecule has 0 spiro atoms.